The Balaban J connectivity index is 2.09. The molecule has 0 saturated carbocycles. The molecule has 1 nitrogen and oxygen atoms in total. The molecule has 3 heteroatoms. The highest BCUT2D eigenvalue weighted by Gasteiger charge is 2.12. The minimum absolute atomic E-state index is 1.08. The van der Waals surface area contributed by atoms with Crippen molar-refractivity contribution >= 4 is 23.5 Å². The van der Waals surface area contributed by atoms with Crippen LogP contribution in [0.3, 0.4) is 0 Å². The van der Waals surface area contributed by atoms with Gasteiger partial charge in [-0.05, 0) is 67.3 Å². The molecule has 1 aromatic heterocycles. The van der Waals surface area contributed by atoms with Crippen LogP contribution in [0.2, 0.25) is 0 Å². The van der Waals surface area contributed by atoms with E-state index in [4.69, 9.17) is 0 Å². The maximum absolute atomic E-state index is 4.67. The van der Waals surface area contributed by atoms with E-state index in [0.29, 0.717) is 0 Å². The maximum Gasteiger partial charge on any atom is 0.0454 e. The van der Waals surface area contributed by atoms with Crippen LogP contribution < -0.4 is 0 Å². The fraction of sp³-hybridized carbons (Fsp3) is 0.190. The number of pyridine rings is 1. The lowest BCUT2D eigenvalue weighted by Crippen LogP contribution is -1.95. The standard InChI is InChI=1S/C21H21NS2/c1-14-20(16-5-9-18(23-3)10-6-16)13-22-15(2)21(14)17-7-11-19(24-4)12-8-17/h5-13H,1-4H3. The van der Waals surface area contributed by atoms with Gasteiger partial charge < -0.3 is 0 Å². The molecule has 24 heavy (non-hydrogen) atoms. The second-order valence-electron chi connectivity index (χ2n) is 5.71. The molecule has 0 radical (unpaired) electrons. The SMILES string of the molecule is CSc1ccc(-c2cnc(C)c(-c3ccc(SC)cc3)c2C)cc1. The van der Waals surface area contributed by atoms with Crippen molar-refractivity contribution in [1.82, 2.24) is 4.98 Å². The lowest BCUT2D eigenvalue weighted by atomic mass is 9.93. The number of thioether (sulfide) groups is 2. The van der Waals surface area contributed by atoms with Gasteiger partial charge in [0.05, 0.1) is 0 Å². The van der Waals surface area contributed by atoms with Gasteiger partial charge in [-0.1, -0.05) is 24.3 Å². The second-order valence-corrected chi connectivity index (χ2v) is 7.47. The van der Waals surface area contributed by atoms with Gasteiger partial charge in [0.1, 0.15) is 0 Å². The fourth-order valence-electron chi connectivity index (χ4n) is 2.97. The molecule has 0 bridgehead atoms. The Bertz CT molecular complexity index is 837. The summed E-state index contributed by atoms with van der Waals surface area (Å²) in [6.45, 7) is 4.29. The highest BCUT2D eigenvalue weighted by Crippen LogP contribution is 2.34. The third-order valence-corrected chi connectivity index (χ3v) is 5.79. The number of benzene rings is 2. The molecule has 0 aliphatic heterocycles. The molecule has 3 rings (SSSR count). The van der Waals surface area contributed by atoms with Crippen molar-refractivity contribution in [2.24, 2.45) is 0 Å². The van der Waals surface area contributed by atoms with Crippen LogP contribution >= 0.6 is 23.5 Å². The first-order valence-corrected chi connectivity index (χ1v) is 10.3. The third-order valence-electron chi connectivity index (χ3n) is 4.31. The van der Waals surface area contributed by atoms with Gasteiger partial charge >= 0.3 is 0 Å². The molecule has 0 aliphatic rings. The second kappa shape index (κ2) is 7.45. The van der Waals surface area contributed by atoms with E-state index < -0.39 is 0 Å². The summed E-state index contributed by atoms with van der Waals surface area (Å²) in [7, 11) is 0. The molecule has 0 saturated heterocycles. The zero-order valence-corrected chi connectivity index (χ0v) is 16.1. The van der Waals surface area contributed by atoms with E-state index in [2.05, 4.69) is 79.9 Å². The van der Waals surface area contributed by atoms with E-state index >= 15 is 0 Å². The molecule has 0 amide bonds. The number of nitrogens with zero attached hydrogens (tertiary/aromatic N) is 1. The molecule has 2 aromatic carbocycles. The molecular weight excluding hydrogens is 330 g/mol. The fourth-order valence-corrected chi connectivity index (χ4v) is 3.79. The summed E-state index contributed by atoms with van der Waals surface area (Å²) in [6, 6.07) is 17.5. The van der Waals surface area contributed by atoms with E-state index in [1.54, 1.807) is 23.5 Å². The largest absolute Gasteiger partial charge is 0.260 e. The Labute approximate surface area is 152 Å². The van der Waals surface area contributed by atoms with Crippen LogP contribution in [0.15, 0.2) is 64.5 Å². The average Bonchev–Trinajstić information content (AvgIpc) is 2.63. The average molecular weight is 352 g/mol. The quantitative estimate of drug-likeness (QED) is 0.500. The summed E-state index contributed by atoms with van der Waals surface area (Å²) in [5.74, 6) is 0. The van der Waals surface area contributed by atoms with Gasteiger partial charge in [0, 0.05) is 32.8 Å². The van der Waals surface area contributed by atoms with Gasteiger partial charge in [-0.2, -0.15) is 0 Å². The third kappa shape index (κ3) is 3.38. The molecular formula is C21H21NS2. The van der Waals surface area contributed by atoms with Crippen LogP contribution in [0, 0.1) is 13.8 Å². The monoisotopic (exact) mass is 351 g/mol. The van der Waals surface area contributed by atoms with Gasteiger partial charge in [0.15, 0.2) is 0 Å². The summed E-state index contributed by atoms with van der Waals surface area (Å²) in [6.07, 6.45) is 6.20. The first kappa shape index (κ1) is 17.1. The zero-order valence-electron chi connectivity index (χ0n) is 14.5. The van der Waals surface area contributed by atoms with E-state index in [-0.39, 0.29) is 0 Å². The highest BCUT2D eigenvalue weighted by atomic mass is 32.2. The van der Waals surface area contributed by atoms with Crippen LogP contribution in [0.5, 0.6) is 0 Å². The Morgan fingerprint density at radius 3 is 1.71 bits per heavy atom. The van der Waals surface area contributed by atoms with Crippen LogP contribution in [-0.2, 0) is 0 Å². The van der Waals surface area contributed by atoms with E-state index in [0.717, 1.165) is 5.69 Å². The van der Waals surface area contributed by atoms with Gasteiger partial charge in [-0.15, -0.1) is 23.5 Å². The van der Waals surface area contributed by atoms with Crippen molar-refractivity contribution in [3.63, 3.8) is 0 Å². The molecule has 3 aromatic rings. The lowest BCUT2D eigenvalue weighted by Gasteiger charge is -2.15. The topological polar surface area (TPSA) is 12.9 Å². The van der Waals surface area contributed by atoms with E-state index in [9.17, 15) is 0 Å². The molecule has 122 valence electrons. The Morgan fingerprint density at radius 1 is 0.708 bits per heavy atom. The number of hydrogen-bond donors (Lipinski definition) is 0. The van der Waals surface area contributed by atoms with E-state index in [1.165, 1.54) is 37.6 Å². The summed E-state index contributed by atoms with van der Waals surface area (Å²) >= 11 is 3.53. The molecule has 0 spiro atoms. The molecule has 0 fully saturated rings. The van der Waals surface area contributed by atoms with Crippen LogP contribution in [0.1, 0.15) is 11.3 Å². The summed E-state index contributed by atoms with van der Waals surface area (Å²) in [4.78, 5) is 7.23. The van der Waals surface area contributed by atoms with Crippen molar-refractivity contribution in [2.45, 2.75) is 23.6 Å². The number of aromatic nitrogens is 1. The Morgan fingerprint density at radius 2 is 1.21 bits per heavy atom. The first-order chi connectivity index (χ1) is 11.6. The molecule has 0 N–H and O–H groups in total. The van der Waals surface area contributed by atoms with Gasteiger partial charge in [0.25, 0.3) is 0 Å². The predicted octanol–water partition coefficient (Wildman–Crippen LogP) is 6.48. The van der Waals surface area contributed by atoms with Crippen molar-refractivity contribution in [3.05, 3.63) is 66.0 Å². The van der Waals surface area contributed by atoms with Gasteiger partial charge in [0.2, 0.25) is 0 Å². The Hall–Kier alpha value is -1.71. The summed E-state index contributed by atoms with van der Waals surface area (Å²) in [5, 5.41) is 0. The smallest absolute Gasteiger partial charge is 0.0454 e. The lowest BCUT2D eigenvalue weighted by molar-refractivity contribution is 1.18. The molecule has 0 atom stereocenters. The summed E-state index contributed by atoms with van der Waals surface area (Å²) in [5.41, 5.74) is 7.27. The van der Waals surface area contributed by atoms with Crippen molar-refractivity contribution < 1.29 is 0 Å². The molecule has 0 aliphatic carbocycles. The predicted molar refractivity (Wildman–Crippen MR) is 108 cm³/mol. The van der Waals surface area contributed by atoms with E-state index in [1.807, 2.05) is 6.20 Å². The first-order valence-electron chi connectivity index (χ1n) is 7.89. The van der Waals surface area contributed by atoms with Crippen molar-refractivity contribution in [2.75, 3.05) is 12.5 Å². The zero-order chi connectivity index (χ0) is 17.1. The molecule has 1 heterocycles. The normalized spacial score (nSPS) is 10.8. The highest BCUT2D eigenvalue weighted by molar-refractivity contribution is 7.98. The van der Waals surface area contributed by atoms with Gasteiger partial charge in [-0.25, -0.2) is 0 Å². The van der Waals surface area contributed by atoms with Gasteiger partial charge in [-0.3, -0.25) is 4.98 Å². The van der Waals surface area contributed by atoms with Crippen LogP contribution in [0.4, 0.5) is 0 Å². The maximum atomic E-state index is 4.67. The number of rotatable bonds is 4. The minimum Gasteiger partial charge on any atom is -0.260 e. The number of aryl methyl sites for hydroxylation is 1. The number of hydrogen-bond acceptors (Lipinski definition) is 3. The van der Waals surface area contributed by atoms with Crippen LogP contribution in [-0.4, -0.2) is 17.5 Å². The van der Waals surface area contributed by atoms with Crippen LogP contribution in [0.25, 0.3) is 22.3 Å². The Kier molecular flexibility index (Phi) is 5.32. The minimum atomic E-state index is 1.08. The van der Waals surface area contributed by atoms with Crippen molar-refractivity contribution in [3.8, 4) is 22.3 Å². The van der Waals surface area contributed by atoms with Crippen molar-refractivity contribution in [1.29, 1.82) is 0 Å². The molecule has 0 unspecified atom stereocenters. The summed E-state index contributed by atoms with van der Waals surface area (Å²) < 4.78 is 0.